The van der Waals surface area contributed by atoms with E-state index in [1.807, 2.05) is 29.2 Å². The van der Waals surface area contributed by atoms with Gasteiger partial charge in [0.2, 0.25) is 17.7 Å². The van der Waals surface area contributed by atoms with E-state index in [9.17, 15) is 14.4 Å². The number of para-hydroxylation sites is 1. The summed E-state index contributed by atoms with van der Waals surface area (Å²) in [7, 11) is 3.46. The predicted octanol–water partition coefficient (Wildman–Crippen LogP) is 0.810. The van der Waals surface area contributed by atoms with Gasteiger partial charge in [0.1, 0.15) is 0 Å². The van der Waals surface area contributed by atoms with E-state index in [2.05, 4.69) is 5.32 Å². The lowest BCUT2D eigenvalue weighted by atomic mass is 10.1. The highest BCUT2D eigenvalue weighted by Crippen LogP contribution is 2.31. The Balaban J connectivity index is 1.49. The van der Waals surface area contributed by atoms with Gasteiger partial charge in [-0.15, -0.1) is 0 Å². The smallest absolute Gasteiger partial charge is 0.241 e. The Morgan fingerprint density at radius 3 is 2.30 bits per heavy atom. The van der Waals surface area contributed by atoms with Crippen LogP contribution in [0.1, 0.15) is 18.4 Å². The van der Waals surface area contributed by atoms with Crippen LogP contribution in [0.15, 0.2) is 24.3 Å². The summed E-state index contributed by atoms with van der Waals surface area (Å²) in [5, 5.41) is 3.17. The molecular formula is C20H28N4O3. The average Bonchev–Trinajstić information content (AvgIpc) is 3.51. The summed E-state index contributed by atoms with van der Waals surface area (Å²) in [5.41, 5.74) is 1.69. The highest BCUT2D eigenvalue weighted by atomic mass is 16.2. The van der Waals surface area contributed by atoms with Crippen LogP contribution in [0.4, 0.5) is 5.69 Å². The SMILES string of the molecule is CN(C)C(=O)Cc1ccccc1NCC(=O)N1CCN(C(=O)C2CC2)CC1. The van der Waals surface area contributed by atoms with Crippen LogP contribution in [0.5, 0.6) is 0 Å². The largest absolute Gasteiger partial charge is 0.376 e. The van der Waals surface area contributed by atoms with E-state index in [1.165, 1.54) is 0 Å². The third-order valence-electron chi connectivity index (χ3n) is 5.16. The van der Waals surface area contributed by atoms with Gasteiger partial charge in [0.15, 0.2) is 0 Å². The molecule has 7 heteroatoms. The topological polar surface area (TPSA) is 73.0 Å². The van der Waals surface area contributed by atoms with Crippen molar-refractivity contribution >= 4 is 23.4 Å². The zero-order valence-electron chi connectivity index (χ0n) is 16.1. The van der Waals surface area contributed by atoms with Gasteiger partial charge in [0.25, 0.3) is 0 Å². The summed E-state index contributed by atoms with van der Waals surface area (Å²) in [6.45, 7) is 2.59. The number of hydrogen-bond acceptors (Lipinski definition) is 4. The van der Waals surface area contributed by atoms with Crippen LogP contribution < -0.4 is 5.32 Å². The normalized spacial score (nSPS) is 16.8. The zero-order valence-corrected chi connectivity index (χ0v) is 16.1. The first-order chi connectivity index (χ1) is 13.0. The lowest BCUT2D eigenvalue weighted by Gasteiger charge is -2.35. The second-order valence-electron chi connectivity index (χ2n) is 7.46. The highest BCUT2D eigenvalue weighted by molar-refractivity contribution is 5.84. The van der Waals surface area contributed by atoms with Gasteiger partial charge in [0, 0.05) is 51.9 Å². The molecule has 3 rings (SSSR count). The van der Waals surface area contributed by atoms with E-state index in [-0.39, 0.29) is 30.2 Å². The van der Waals surface area contributed by atoms with Gasteiger partial charge in [-0.1, -0.05) is 18.2 Å². The molecule has 0 spiro atoms. The van der Waals surface area contributed by atoms with Crippen molar-refractivity contribution in [1.82, 2.24) is 14.7 Å². The number of benzene rings is 1. The molecular weight excluding hydrogens is 344 g/mol. The van der Waals surface area contributed by atoms with Gasteiger partial charge < -0.3 is 20.0 Å². The summed E-state index contributed by atoms with van der Waals surface area (Å²) < 4.78 is 0. The lowest BCUT2D eigenvalue weighted by Crippen LogP contribution is -2.52. The molecule has 2 aliphatic rings. The van der Waals surface area contributed by atoms with Crippen LogP contribution in [-0.4, -0.2) is 79.2 Å². The summed E-state index contributed by atoms with van der Waals surface area (Å²) >= 11 is 0. The lowest BCUT2D eigenvalue weighted by molar-refractivity contribution is -0.139. The molecule has 0 aromatic heterocycles. The van der Waals surface area contributed by atoms with Crippen LogP contribution in [0, 0.1) is 5.92 Å². The number of piperazine rings is 1. The van der Waals surface area contributed by atoms with Crippen LogP contribution in [0.25, 0.3) is 0 Å². The van der Waals surface area contributed by atoms with Crippen LogP contribution in [-0.2, 0) is 20.8 Å². The van der Waals surface area contributed by atoms with Gasteiger partial charge in [-0.2, -0.15) is 0 Å². The molecule has 27 heavy (non-hydrogen) atoms. The van der Waals surface area contributed by atoms with E-state index in [0.29, 0.717) is 32.6 Å². The van der Waals surface area contributed by atoms with Crippen molar-refractivity contribution in [2.24, 2.45) is 5.92 Å². The third-order valence-corrected chi connectivity index (χ3v) is 5.16. The molecule has 7 nitrogen and oxygen atoms in total. The van der Waals surface area contributed by atoms with Gasteiger partial charge >= 0.3 is 0 Å². The fraction of sp³-hybridized carbons (Fsp3) is 0.550. The van der Waals surface area contributed by atoms with E-state index >= 15 is 0 Å². The molecule has 0 atom stereocenters. The van der Waals surface area contributed by atoms with E-state index < -0.39 is 0 Å². The summed E-state index contributed by atoms with van der Waals surface area (Å²) in [4.78, 5) is 41.8. The second-order valence-corrected chi connectivity index (χ2v) is 7.46. The molecule has 2 fully saturated rings. The summed E-state index contributed by atoms with van der Waals surface area (Å²) in [6.07, 6.45) is 2.32. The molecule has 1 N–H and O–H groups in total. The Bertz CT molecular complexity index is 707. The van der Waals surface area contributed by atoms with Crippen LogP contribution >= 0.6 is 0 Å². The Morgan fingerprint density at radius 2 is 1.67 bits per heavy atom. The van der Waals surface area contributed by atoms with Crippen molar-refractivity contribution in [3.05, 3.63) is 29.8 Å². The van der Waals surface area contributed by atoms with E-state index in [1.54, 1.807) is 23.9 Å². The maximum absolute atomic E-state index is 12.5. The molecule has 1 aromatic rings. The van der Waals surface area contributed by atoms with E-state index in [0.717, 1.165) is 24.1 Å². The van der Waals surface area contributed by atoms with Crippen LogP contribution in [0.3, 0.4) is 0 Å². The maximum atomic E-state index is 12.5. The predicted molar refractivity (Wildman–Crippen MR) is 103 cm³/mol. The fourth-order valence-corrected chi connectivity index (χ4v) is 3.22. The maximum Gasteiger partial charge on any atom is 0.241 e. The first kappa shape index (κ1) is 19.2. The van der Waals surface area contributed by atoms with Gasteiger partial charge in [-0.05, 0) is 24.5 Å². The number of anilines is 1. The van der Waals surface area contributed by atoms with Crippen molar-refractivity contribution in [3.63, 3.8) is 0 Å². The van der Waals surface area contributed by atoms with Crippen molar-refractivity contribution < 1.29 is 14.4 Å². The molecule has 146 valence electrons. The quantitative estimate of drug-likeness (QED) is 0.802. The minimum Gasteiger partial charge on any atom is -0.376 e. The standard InChI is InChI=1S/C20H28N4O3/c1-22(2)18(25)13-16-5-3-4-6-17(16)21-14-19(26)23-9-11-24(12-10-23)20(27)15-7-8-15/h3-6,15,21H,7-14H2,1-2H3. The van der Waals surface area contributed by atoms with Crippen molar-refractivity contribution in [1.29, 1.82) is 0 Å². The molecule has 3 amide bonds. The third kappa shape index (κ3) is 4.99. The zero-order chi connectivity index (χ0) is 19.4. The molecule has 1 aliphatic carbocycles. The number of hydrogen-bond donors (Lipinski definition) is 1. The van der Waals surface area contributed by atoms with Gasteiger partial charge in [-0.3, -0.25) is 14.4 Å². The number of nitrogens with one attached hydrogen (secondary N) is 1. The first-order valence-electron chi connectivity index (χ1n) is 9.54. The van der Waals surface area contributed by atoms with Crippen molar-refractivity contribution in [2.45, 2.75) is 19.3 Å². The molecule has 1 saturated heterocycles. The second kappa shape index (κ2) is 8.41. The monoisotopic (exact) mass is 372 g/mol. The molecule has 0 bridgehead atoms. The molecule has 0 radical (unpaired) electrons. The average molecular weight is 372 g/mol. The fourth-order valence-electron chi connectivity index (χ4n) is 3.22. The number of likely N-dealkylation sites (N-methyl/N-ethyl adjacent to an activating group) is 1. The number of rotatable bonds is 6. The minimum atomic E-state index is 0.0160. The molecule has 1 heterocycles. The molecule has 1 saturated carbocycles. The van der Waals surface area contributed by atoms with E-state index in [4.69, 9.17) is 0 Å². The number of nitrogens with zero attached hydrogens (tertiary/aromatic N) is 3. The van der Waals surface area contributed by atoms with Crippen molar-refractivity contribution in [3.8, 4) is 0 Å². The first-order valence-corrected chi connectivity index (χ1v) is 9.54. The Hall–Kier alpha value is -2.57. The Kier molecular flexibility index (Phi) is 5.98. The Labute approximate surface area is 160 Å². The van der Waals surface area contributed by atoms with Crippen LogP contribution in [0.2, 0.25) is 0 Å². The Morgan fingerprint density at radius 1 is 1.04 bits per heavy atom. The summed E-state index contributed by atoms with van der Waals surface area (Å²) in [6, 6.07) is 7.56. The van der Waals surface area contributed by atoms with Gasteiger partial charge in [-0.25, -0.2) is 0 Å². The minimum absolute atomic E-state index is 0.0160. The number of carbonyl (C=O) groups excluding carboxylic acids is 3. The van der Waals surface area contributed by atoms with Crippen molar-refractivity contribution in [2.75, 3.05) is 52.1 Å². The highest BCUT2D eigenvalue weighted by Gasteiger charge is 2.35. The molecule has 1 aliphatic heterocycles. The molecule has 0 unspecified atom stereocenters. The summed E-state index contributed by atoms with van der Waals surface area (Å²) in [5.74, 6) is 0.518. The number of amides is 3. The number of carbonyl (C=O) groups is 3. The van der Waals surface area contributed by atoms with Gasteiger partial charge in [0.05, 0.1) is 13.0 Å². The molecule has 1 aromatic carbocycles.